The predicted molar refractivity (Wildman–Crippen MR) is 86.2 cm³/mol. The maximum absolute atomic E-state index is 5.71. The van der Waals surface area contributed by atoms with Gasteiger partial charge in [0.05, 0.1) is 0 Å². The van der Waals surface area contributed by atoms with Crippen molar-refractivity contribution in [3.05, 3.63) is 57.1 Å². The van der Waals surface area contributed by atoms with E-state index in [-0.39, 0.29) is 0 Å². The summed E-state index contributed by atoms with van der Waals surface area (Å²) in [5, 5.41) is 0. The van der Waals surface area contributed by atoms with Crippen LogP contribution >= 0.6 is 31.9 Å². The lowest BCUT2D eigenvalue weighted by atomic mass is 10.3. The van der Waals surface area contributed by atoms with Crippen LogP contribution in [0.5, 0.6) is 0 Å². The van der Waals surface area contributed by atoms with Gasteiger partial charge in [0.15, 0.2) is 11.2 Å². The van der Waals surface area contributed by atoms with Crippen molar-refractivity contribution in [3.63, 3.8) is 0 Å². The van der Waals surface area contributed by atoms with Crippen molar-refractivity contribution in [2.24, 2.45) is 0 Å². The smallest absolute Gasteiger partial charge is 0.204 e. The molecule has 2 heterocycles. The normalized spacial score (nSPS) is 11.5. The van der Waals surface area contributed by atoms with Gasteiger partial charge in [-0.3, -0.25) is 0 Å². The lowest BCUT2D eigenvalue weighted by Crippen LogP contribution is -1.87. The molecule has 0 amide bonds. The summed E-state index contributed by atoms with van der Waals surface area (Å²) in [7, 11) is 0. The zero-order chi connectivity index (χ0) is 14.4. The Kier molecular flexibility index (Phi) is 3.08. The maximum atomic E-state index is 5.71. The van der Waals surface area contributed by atoms with E-state index in [1.54, 1.807) is 0 Å². The Balaban J connectivity index is 1.71. The van der Waals surface area contributed by atoms with E-state index >= 15 is 0 Å². The molecule has 4 nitrogen and oxygen atoms in total. The third kappa shape index (κ3) is 2.49. The van der Waals surface area contributed by atoms with Crippen LogP contribution in [0.1, 0.15) is 11.8 Å². The molecule has 0 radical (unpaired) electrons. The van der Waals surface area contributed by atoms with Crippen molar-refractivity contribution in [1.82, 2.24) is 9.97 Å². The van der Waals surface area contributed by atoms with Crippen molar-refractivity contribution >= 4 is 54.1 Å². The predicted octanol–water partition coefficient (Wildman–Crippen LogP) is 5.08. The van der Waals surface area contributed by atoms with Gasteiger partial charge < -0.3 is 8.83 Å². The van der Waals surface area contributed by atoms with Crippen LogP contribution < -0.4 is 0 Å². The molecule has 4 aromatic rings. The first kappa shape index (κ1) is 13.0. The molecule has 0 saturated heterocycles. The molecule has 2 aromatic heterocycles. The molecule has 0 atom stereocenters. The lowest BCUT2D eigenvalue weighted by Gasteiger charge is -1.88. The maximum Gasteiger partial charge on any atom is 0.204 e. The molecule has 6 heteroatoms. The van der Waals surface area contributed by atoms with E-state index in [1.807, 2.05) is 36.4 Å². The van der Waals surface area contributed by atoms with Gasteiger partial charge in [-0.1, -0.05) is 31.9 Å². The first-order valence-corrected chi connectivity index (χ1v) is 7.86. The topological polar surface area (TPSA) is 52.1 Å². The summed E-state index contributed by atoms with van der Waals surface area (Å²) in [5.74, 6) is 1.18. The first-order valence-electron chi connectivity index (χ1n) is 6.27. The van der Waals surface area contributed by atoms with E-state index in [9.17, 15) is 0 Å². The standard InChI is InChI=1S/C15H8Br2N2O2/c16-8-1-3-12-10(5-8)18-14(20-12)7-15-19-11-6-9(17)2-4-13(11)21-15/h1-6H,7H2. The van der Waals surface area contributed by atoms with Gasteiger partial charge >= 0.3 is 0 Å². The minimum atomic E-state index is 0.429. The van der Waals surface area contributed by atoms with Gasteiger partial charge in [-0.2, -0.15) is 0 Å². The van der Waals surface area contributed by atoms with E-state index in [0.717, 1.165) is 31.1 Å². The molecule has 0 bridgehead atoms. The molecule has 0 aliphatic carbocycles. The molecule has 4 rings (SSSR count). The highest BCUT2D eigenvalue weighted by Crippen LogP contribution is 2.24. The van der Waals surface area contributed by atoms with E-state index in [1.165, 1.54) is 0 Å². The van der Waals surface area contributed by atoms with Crippen LogP contribution in [-0.4, -0.2) is 9.97 Å². The minimum Gasteiger partial charge on any atom is -0.440 e. The zero-order valence-corrected chi connectivity index (χ0v) is 13.8. The molecular formula is C15H8Br2N2O2. The van der Waals surface area contributed by atoms with Crippen LogP contribution in [0.15, 0.2) is 54.2 Å². The van der Waals surface area contributed by atoms with Crippen LogP contribution in [0.4, 0.5) is 0 Å². The summed E-state index contributed by atoms with van der Waals surface area (Å²) in [4.78, 5) is 8.90. The lowest BCUT2D eigenvalue weighted by molar-refractivity contribution is 0.488. The number of rotatable bonds is 2. The second-order valence-electron chi connectivity index (χ2n) is 4.62. The number of aromatic nitrogens is 2. The van der Waals surface area contributed by atoms with Gasteiger partial charge in [0.25, 0.3) is 0 Å². The Morgan fingerprint density at radius 2 is 1.24 bits per heavy atom. The number of hydrogen-bond acceptors (Lipinski definition) is 4. The minimum absolute atomic E-state index is 0.429. The second kappa shape index (κ2) is 4.96. The van der Waals surface area contributed by atoms with Crippen LogP contribution in [0.3, 0.4) is 0 Å². The molecule has 0 aliphatic heterocycles. The summed E-state index contributed by atoms with van der Waals surface area (Å²) in [6.07, 6.45) is 0.429. The van der Waals surface area contributed by atoms with Crippen LogP contribution in [0.2, 0.25) is 0 Å². The fraction of sp³-hybridized carbons (Fsp3) is 0.0667. The van der Waals surface area contributed by atoms with Gasteiger partial charge in [-0.15, -0.1) is 0 Å². The van der Waals surface area contributed by atoms with Gasteiger partial charge in [0.2, 0.25) is 11.8 Å². The molecule has 104 valence electrons. The number of benzene rings is 2. The fourth-order valence-corrected chi connectivity index (χ4v) is 2.88. The van der Waals surface area contributed by atoms with Gasteiger partial charge in [-0.25, -0.2) is 9.97 Å². The van der Waals surface area contributed by atoms with E-state index in [4.69, 9.17) is 8.83 Å². The van der Waals surface area contributed by atoms with E-state index < -0.39 is 0 Å². The Morgan fingerprint density at radius 3 is 1.71 bits per heavy atom. The monoisotopic (exact) mass is 406 g/mol. The van der Waals surface area contributed by atoms with Crippen molar-refractivity contribution < 1.29 is 8.83 Å². The highest BCUT2D eigenvalue weighted by Gasteiger charge is 2.12. The summed E-state index contributed by atoms with van der Waals surface area (Å²) < 4.78 is 13.4. The quantitative estimate of drug-likeness (QED) is 0.464. The Morgan fingerprint density at radius 1 is 0.762 bits per heavy atom. The summed E-state index contributed by atoms with van der Waals surface area (Å²) in [6, 6.07) is 11.5. The molecule has 2 aromatic carbocycles. The Labute approximate surface area is 136 Å². The van der Waals surface area contributed by atoms with Crippen molar-refractivity contribution in [1.29, 1.82) is 0 Å². The average molecular weight is 408 g/mol. The molecule has 0 saturated carbocycles. The third-order valence-corrected chi connectivity index (χ3v) is 4.08. The average Bonchev–Trinajstić information content (AvgIpc) is 3.00. The molecule has 21 heavy (non-hydrogen) atoms. The van der Waals surface area contributed by atoms with Gasteiger partial charge in [0, 0.05) is 8.95 Å². The van der Waals surface area contributed by atoms with E-state index in [2.05, 4.69) is 41.8 Å². The summed E-state index contributed by atoms with van der Waals surface area (Å²) in [6.45, 7) is 0. The third-order valence-electron chi connectivity index (χ3n) is 3.09. The first-order chi connectivity index (χ1) is 10.2. The van der Waals surface area contributed by atoms with Crippen molar-refractivity contribution in [2.75, 3.05) is 0 Å². The Bertz CT molecular complexity index is 881. The molecule has 0 unspecified atom stereocenters. The number of oxazole rings is 2. The largest absolute Gasteiger partial charge is 0.440 e. The molecule has 0 aliphatic rings. The van der Waals surface area contributed by atoms with Crippen molar-refractivity contribution in [2.45, 2.75) is 6.42 Å². The number of hydrogen-bond donors (Lipinski definition) is 0. The Hall–Kier alpha value is -1.66. The van der Waals surface area contributed by atoms with E-state index in [0.29, 0.717) is 18.2 Å². The highest BCUT2D eigenvalue weighted by atomic mass is 79.9. The molecule has 0 N–H and O–H groups in total. The second-order valence-corrected chi connectivity index (χ2v) is 6.45. The molecule has 0 fully saturated rings. The molecule has 0 spiro atoms. The zero-order valence-electron chi connectivity index (χ0n) is 10.6. The highest BCUT2D eigenvalue weighted by molar-refractivity contribution is 9.10. The van der Waals surface area contributed by atoms with Crippen molar-refractivity contribution in [3.8, 4) is 0 Å². The summed E-state index contributed by atoms with van der Waals surface area (Å²) in [5.41, 5.74) is 3.15. The number of nitrogens with zero attached hydrogens (tertiary/aromatic N) is 2. The van der Waals surface area contributed by atoms with Gasteiger partial charge in [0.1, 0.15) is 17.5 Å². The SMILES string of the molecule is Brc1ccc2oc(Cc3nc4cc(Br)ccc4o3)nc2c1. The number of fused-ring (bicyclic) bond motifs is 2. The van der Waals surface area contributed by atoms with Crippen LogP contribution in [0.25, 0.3) is 22.2 Å². The number of halogens is 2. The van der Waals surface area contributed by atoms with Gasteiger partial charge in [-0.05, 0) is 36.4 Å². The fourth-order valence-electron chi connectivity index (χ4n) is 2.18. The van der Waals surface area contributed by atoms with Crippen LogP contribution in [0, 0.1) is 0 Å². The summed E-state index contributed by atoms with van der Waals surface area (Å²) >= 11 is 6.84. The van der Waals surface area contributed by atoms with Crippen LogP contribution in [-0.2, 0) is 6.42 Å². The molecular weight excluding hydrogens is 400 g/mol.